The number of hydrogen-bond donors (Lipinski definition) is 3. The molecule has 3 aliphatic heterocycles. The van der Waals surface area contributed by atoms with Gasteiger partial charge in [-0.15, -0.1) is 5.57 Å². The summed E-state index contributed by atoms with van der Waals surface area (Å²) >= 11 is 116. The van der Waals surface area contributed by atoms with Gasteiger partial charge < -0.3 is 81.8 Å². The van der Waals surface area contributed by atoms with E-state index in [0.29, 0.717) is 101 Å². The van der Waals surface area contributed by atoms with Gasteiger partial charge in [0.05, 0.1) is 69.5 Å². The van der Waals surface area contributed by atoms with Crippen LogP contribution in [-0.2, 0) is 52.2 Å². The van der Waals surface area contributed by atoms with Crippen LogP contribution in [0, 0.1) is 6.92 Å². The van der Waals surface area contributed by atoms with E-state index >= 15 is 0 Å². The summed E-state index contributed by atoms with van der Waals surface area (Å²) in [5.41, 5.74) is 11.4. The third-order valence-corrected chi connectivity index (χ3v) is 15.4. The van der Waals surface area contributed by atoms with Crippen LogP contribution in [0.25, 0.3) is 0 Å². The number of allylic oxidation sites excluding steroid dienone is 4. The molecule has 0 spiro atoms. The van der Waals surface area contributed by atoms with Gasteiger partial charge in [0.2, 0.25) is 34.6 Å². The van der Waals surface area contributed by atoms with Gasteiger partial charge in [0.15, 0.2) is 24.7 Å². The minimum Gasteiger partial charge on any atom is -1.00 e. The number of ketones is 1. The van der Waals surface area contributed by atoms with Crippen molar-refractivity contribution >= 4 is 305 Å². The molecule has 104 heavy (non-hydrogen) atoms. The molecule has 0 amide bonds. The van der Waals surface area contributed by atoms with Gasteiger partial charge in [-0.05, 0) is 166 Å². The Labute approximate surface area is 775 Å². The van der Waals surface area contributed by atoms with Gasteiger partial charge in [-0.2, -0.15) is 0 Å². The number of halogens is 23. The van der Waals surface area contributed by atoms with Crippen molar-refractivity contribution < 1.29 is 119 Å². The van der Waals surface area contributed by atoms with Crippen LogP contribution in [0.3, 0.4) is 0 Å². The van der Waals surface area contributed by atoms with Crippen LogP contribution in [0.15, 0.2) is 59.6 Å². The predicted molar refractivity (Wildman–Crippen MR) is 446 cm³/mol. The molecule has 0 aromatic carbocycles. The Morgan fingerprint density at radius 3 is 1.03 bits per heavy atom. The van der Waals surface area contributed by atoms with Crippen LogP contribution in [0.1, 0.15) is 149 Å². The summed E-state index contributed by atoms with van der Waals surface area (Å²) in [5, 5.41) is 18.5. The second kappa shape index (κ2) is 56.8. The summed E-state index contributed by atoms with van der Waals surface area (Å²) in [6, 6.07) is 0. The maximum atomic E-state index is 11.1. The Bertz CT molecular complexity index is 2600. The van der Waals surface area contributed by atoms with E-state index in [0.717, 1.165) is 51.7 Å². The molecule has 0 fully saturated rings. The zero-order valence-electron chi connectivity index (χ0n) is 61.0. The van der Waals surface area contributed by atoms with Crippen LogP contribution in [0.2, 0.25) is 0 Å². The molecule has 602 valence electrons. The number of hydrogen-bond acceptors (Lipinski definition) is 17. The van der Waals surface area contributed by atoms with Crippen molar-refractivity contribution in [2.24, 2.45) is 20.7 Å². The van der Waals surface area contributed by atoms with Crippen molar-refractivity contribution in [3.05, 3.63) is 51.5 Å². The molecular formula is C61H91Br5Cl18Li2N4O13P-. The van der Waals surface area contributed by atoms with Crippen LogP contribution in [0.4, 0.5) is 0 Å². The SMILES string of the molecule is BrP(Br)Br.C/C(CBr)=C(\CCC(OCC(Cl)(Cl)Cl)OCC(Cl)(Cl)Cl)C1=NC(C)(C)CO1.C/C(CO)=C(\CCC(OCC(Cl)(Cl)Cl)OCC(Cl)(Cl)Cl)C1=NC(C)(C)CO1.CC(C)(N)CO.CC1=C(CCC=O)C(=O)CC1.[Br-].[CH2-]/C(C)=C(/CCC(OCC(Cl)(Cl)Cl)OCC(Cl)(Cl)Cl)C1=NC(C)(C)CO1.[H-].[Li+].[Li+]. The number of alkyl halides is 19. The average Bonchev–Trinajstić information content (AvgIpc) is 1.71. The quantitative estimate of drug-likeness (QED) is 0.0152. The molecule has 1 aliphatic carbocycles. The third kappa shape index (κ3) is 64.5. The topological polar surface area (TPSA) is 221 Å². The van der Waals surface area contributed by atoms with E-state index in [9.17, 15) is 14.7 Å². The van der Waals surface area contributed by atoms with E-state index in [4.69, 9.17) is 262 Å². The number of carbonyl (C=O) groups excluding carboxylic acids is 2. The standard InChI is InChI=1S/C16H22BrCl6NO3.C16H23Cl6NO4.C16H22Cl6NO3.C9H12O2.C4H11NO.Br3P.BrH.2Li.H/c1-10(6-17)11(13-24-14(2,3)7-27-13)4-5-12(25-8-15(18,19)20)26-9-16(21,22)23;1-10(6-24)11(13-23-14(2,3)7-27-13)4-5-12(25-8-15(17,18)19)26-9-16(20,21)22;1-10(2)11(13-23-14(3,4)7-26-13)5-6-12(24-8-15(17,18)19)25-9-16(20,21)22;1-7-4-5-9(11)8(7)3-2-6-10;1-4(2,5)3-6;1-4(2)3;;;;/h12H,4-9H2,1-3H3;12,24H,4-9H2,1-3H3;12H,1,5-9H2,2-4H3;6H,2-5H2,1H3;6H,3,5H2,1-2H3;;1H;;;/q;;-1;;;;;2*+1;-1/p-1/b2*11-10-;11-10+;;;;;;;. The van der Waals surface area contributed by atoms with Crippen molar-refractivity contribution in [1.29, 1.82) is 0 Å². The molecule has 0 aromatic heterocycles. The van der Waals surface area contributed by atoms with Crippen molar-refractivity contribution in [3.63, 3.8) is 0 Å². The summed E-state index contributed by atoms with van der Waals surface area (Å²) in [4.78, 5) is 34.9. The number of nitrogens with two attached hydrogens (primary N) is 1. The Hall–Kier alpha value is 5.46. The number of aliphatic hydroxyl groups is 2. The molecule has 4 N–H and O–H groups in total. The van der Waals surface area contributed by atoms with E-state index in [1.54, 1.807) is 20.8 Å². The predicted octanol–water partition coefficient (Wildman–Crippen LogP) is 14.3. The summed E-state index contributed by atoms with van der Waals surface area (Å²) in [7, 11) is 0. The summed E-state index contributed by atoms with van der Waals surface area (Å²) < 4.78 is 40.6. The Morgan fingerprint density at radius 2 is 0.837 bits per heavy atom. The number of carbonyl (C=O) groups is 2. The molecule has 0 atom stereocenters. The first kappa shape index (κ1) is 118. The number of rotatable bonds is 30. The Balaban J connectivity index is -0.000000302. The van der Waals surface area contributed by atoms with E-state index in [1.807, 2.05) is 62.3 Å². The van der Waals surface area contributed by atoms with Crippen molar-refractivity contribution in [2.75, 3.05) is 78.0 Å². The average molecular weight is 2170 g/mol. The van der Waals surface area contributed by atoms with Crippen LogP contribution in [0.5, 0.6) is 0 Å². The zero-order valence-corrected chi connectivity index (χ0v) is 82.4. The number of nitrogens with zero attached hydrogens (tertiary/aromatic N) is 3. The number of Topliss-reactive ketones (excluding diaryl/α,β-unsaturated/α-hetero) is 1. The number of aliphatic imine (C=N–C) groups is 3. The van der Waals surface area contributed by atoms with Crippen LogP contribution >= 0.6 is 275 Å². The Morgan fingerprint density at radius 1 is 0.577 bits per heavy atom. The fourth-order valence-corrected chi connectivity index (χ4v) is 9.33. The summed E-state index contributed by atoms with van der Waals surface area (Å²) in [6.07, 6.45) is 3.98. The molecule has 4 aliphatic rings. The molecule has 3 heterocycles. The molecule has 4 rings (SSSR count). The molecule has 0 unspecified atom stereocenters. The first-order valence-electron chi connectivity index (χ1n) is 30.4. The molecule has 17 nitrogen and oxygen atoms in total. The molecule has 0 aromatic rings. The van der Waals surface area contributed by atoms with Crippen LogP contribution < -0.4 is 60.4 Å². The second-order valence-electron chi connectivity index (χ2n) is 25.3. The van der Waals surface area contributed by atoms with Gasteiger partial charge in [-0.1, -0.05) is 249 Å². The van der Waals surface area contributed by atoms with Crippen molar-refractivity contribution in [3.8, 4) is 0 Å². The number of ether oxygens (including phenoxy) is 9. The van der Waals surface area contributed by atoms with Crippen molar-refractivity contribution in [2.45, 2.75) is 211 Å². The third-order valence-electron chi connectivity index (χ3n) is 12.6. The maximum Gasteiger partial charge on any atom is 1.00 e. The van der Waals surface area contributed by atoms with Crippen LogP contribution in [-0.4, -0.2) is 182 Å². The van der Waals surface area contributed by atoms with Crippen molar-refractivity contribution in [1.82, 2.24) is 0 Å². The first-order chi connectivity index (χ1) is 45.7. The van der Waals surface area contributed by atoms with Gasteiger partial charge in [0.25, 0.3) is 0 Å². The van der Waals surface area contributed by atoms with Gasteiger partial charge in [0, 0.05) is 47.7 Å². The summed E-state index contributed by atoms with van der Waals surface area (Å²) in [6.45, 7) is 27.5. The maximum absolute atomic E-state index is 11.1. The fourth-order valence-electron chi connectivity index (χ4n) is 7.85. The molecular weight excluding hydrogens is 2080 g/mol. The molecule has 0 radical (unpaired) electrons. The van der Waals surface area contributed by atoms with E-state index in [1.165, 1.54) is 5.57 Å². The van der Waals surface area contributed by atoms with Gasteiger partial charge in [0.1, 0.15) is 36.0 Å². The summed E-state index contributed by atoms with van der Waals surface area (Å²) in [5.74, 6) is 1.93. The van der Waals surface area contributed by atoms with E-state index in [2.05, 4.69) is 84.3 Å². The van der Waals surface area contributed by atoms with Gasteiger partial charge in [-0.3, -0.25) is 9.79 Å². The second-order valence-corrected chi connectivity index (χ2v) is 56.3. The molecule has 0 saturated heterocycles. The zero-order chi connectivity index (χ0) is 79.0. The minimum absolute atomic E-state index is 0. The monoisotopic (exact) mass is 2160 g/mol. The smallest absolute Gasteiger partial charge is 1.00 e. The Kier molecular flexibility index (Phi) is 64.5. The normalized spacial score (nSPS) is 17.1. The van der Waals surface area contributed by atoms with E-state index < -0.39 is 47.2 Å². The fraction of sp³-hybridized carbons (Fsp3) is 0.770. The molecule has 43 heteroatoms. The minimum atomic E-state index is -1.61. The largest absolute Gasteiger partial charge is 1.00 e. The van der Waals surface area contributed by atoms with E-state index in [-0.39, 0.29) is 135 Å². The molecule has 0 saturated carbocycles. The number of aliphatic hydroxyl groups excluding tert-OH is 2. The molecule has 0 bridgehead atoms. The first-order valence-corrected chi connectivity index (χ1v) is 45.7. The van der Waals surface area contributed by atoms with Gasteiger partial charge >= 0.3 is 37.7 Å². The van der Waals surface area contributed by atoms with Gasteiger partial charge in [-0.25, -0.2) is 22.5 Å². The number of aldehydes is 1.